The summed E-state index contributed by atoms with van der Waals surface area (Å²) in [4.78, 5) is 3.96. The second kappa shape index (κ2) is 12.6. The normalized spacial score (nSPS) is 14.0. The molecule has 4 heteroatoms. The number of hydrogen-bond donors (Lipinski definition) is 0. The number of thiophene rings is 1. The van der Waals surface area contributed by atoms with Crippen molar-refractivity contribution in [2.75, 3.05) is 0 Å². The third kappa shape index (κ3) is 6.75. The van der Waals surface area contributed by atoms with E-state index < -0.39 is 19.5 Å². The van der Waals surface area contributed by atoms with Gasteiger partial charge in [0, 0.05) is 24.9 Å². The van der Waals surface area contributed by atoms with Gasteiger partial charge < -0.3 is 4.98 Å². The predicted molar refractivity (Wildman–Crippen MR) is 164 cm³/mol. The molecule has 0 aliphatic carbocycles. The first-order chi connectivity index (χ1) is 21.1. The van der Waals surface area contributed by atoms with E-state index in [0.29, 0.717) is 5.56 Å². The molecular weight excluding hydrogens is 690 g/mol. The Morgan fingerprint density at radius 1 is 0.850 bits per heavy atom. The van der Waals surface area contributed by atoms with E-state index in [0.717, 1.165) is 29.8 Å². The van der Waals surface area contributed by atoms with E-state index in [9.17, 15) is 4.39 Å². The zero-order chi connectivity index (χ0) is 32.6. The van der Waals surface area contributed by atoms with Crippen molar-refractivity contribution in [3.05, 3.63) is 126 Å². The number of pyridine rings is 1. The molecule has 2 aromatic heterocycles. The van der Waals surface area contributed by atoms with Crippen LogP contribution in [0.5, 0.6) is 0 Å². The third-order valence-corrected chi connectivity index (χ3v) is 7.51. The van der Waals surface area contributed by atoms with Crippen LogP contribution in [0.3, 0.4) is 0 Å². The van der Waals surface area contributed by atoms with Crippen molar-refractivity contribution in [1.82, 2.24) is 4.98 Å². The summed E-state index contributed by atoms with van der Waals surface area (Å²) < 4.78 is 60.2. The van der Waals surface area contributed by atoms with E-state index in [1.165, 1.54) is 43.9 Å². The van der Waals surface area contributed by atoms with Gasteiger partial charge >= 0.3 is 20.1 Å². The average Bonchev–Trinajstić information content (AvgIpc) is 3.37. The maximum Gasteiger partial charge on any atom is 3.00 e. The number of halogens is 1. The molecule has 1 nitrogen and oxygen atoms in total. The van der Waals surface area contributed by atoms with Gasteiger partial charge in [-0.3, -0.25) is 4.39 Å². The van der Waals surface area contributed by atoms with Crippen LogP contribution in [0.15, 0.2) is 85.1 Å². The van der Waals surface area contributed by atoms with Crippen LogP contribution in [-0.2, 0) is 26.5 Å². The van der Waals surface area contributed by atoms with Gasteiger partial charge in [-0.05, 0) is 47.7 Å². The minimum atomic E-state index is -2.58. The summed E-state index contributed by atoms with van der Waals surface area (Å²) in [6.45, 7) is 1.76. The van der Waals surface area contributed by atoms with Gasteiger partial charge in [0.15, 0.2) is 0 Å². The van der Waals surface area contributed by atoms with Crippen molar-refractivity contribution in [3.63, 3.8) is 0 Å². The quantitative estimate of drug-likeness (QED) is 0.166. The largest absolute Gasteiger partial charge is 3.00 e. The second-order valence-corrected chi connectivity index (χ2v) is 11.6. The molecule has 0 radical (unpaired) electrons. The van der Waals surface area contributed by atoms with Crippen LogP contribution in [0.4, 0.5) is 4.39 Å². The Hall–Kier alpha value is -3.17. The Bertz CT molecular complexity index is 1940. The number of hydrogen-bond acceptors (Lipinski definition) is 2. The van der Waals surface area contributed by atoms with E-state index in [4.69, 9.17) is 8.22 Å². The first-order valence-corrected chi connectivity index (χ1v) is 13.4. The maximum atomic E-state index is 12.9. The van der Waals surface area contributed by atoms with Gasteiger partial charge in [0.2, 0.25) is 0 Å². The summed E-state index contributed by atoms with van der Waals surface area (Å²) >= 11 is 1.90. The number of nitrogens with zero attached hydrogens (tertiary/aromatic N) is 1. The molecule has 40 heavy (non-hydrogen) atoms. The zero-order valence-electron chi connectivity index (χ0n) is 28.4. The Balaban J connectivity index is 0.000000207. The summed E-state index contributed by atoms with van der Waals surface area (Å²) in [5, 5.41) is 2.69. The fourth-order valence-electron chi connectivity index (χ4n) is 4.45. The molecule has 0 saturated carbocycles. The number of aryl methyl sites for hydroxylation is 2. The topological polar surface area (TPSA) is 12.9 Å². The number of fused-ring (bicyclic) bond motifs is 3. The van der Waals surface area contributed by atoms with Crippen LogP contribution in [0.2, 0.25) is 0 Å². The van der Waals surface area contributed by atoms with E-state index in [1.807, 2.05) is 29.5 Å². The molecule has 0 atom stereocenters. The molecule has 6 rings (SSSR count). The van der Waals surface area contributed by atoms with Crippen LogP contribution >= 0.6 is 11.3 Å². The van der Waals surface area contributed by atoms with Gasteiger partial charge in [0.05, 0.1) is 0 Å². The summed E-state index contributed by atoms with van der Waals surface area (Å²) in [5.74, 6) is -0.478. The molecule has 202 valence electrons. The van der Waals surface area contributed by atoms with Crippen molar-refractivity contribution < 1.29 is 32.7 Å². The van der Waals surface area contributed by atoms with E-state index in [2.05, 4.69) is 80.4 Å². The van der Waals surface area contributed by atoms with Crippen LogP contribution < -0.4 is 0 Å². The van der Waals surface area contributed by atoms with Crippen LogP contribution in [-0.4, -0.2) is 4.98 Å². The molecule has 0 amide bonds. The first kappa shape index (κ1) is 22.5. The number of aromatic nitrogens is 1. The van der Waals surface area contributed by atoms with Gasteiger partial charge in [-0.15, -0.1) is 42.0 Å². The molecule has 0 spiro atoms. The Kier molecular flexibility index (Phi) is 7.07. The molecule has 0 unspecified atom stereocenters. The van der Waals surface area contributed by atoms with Crippen molar-refractivity contribution in [3.8, 4) is 22.4 Å². The van der Waals surface area contributed by atoms with E-state index in [1.54, 1.807) is 0 Å². The van der Waals surface area contributed by atoms with Crippen molar-refractivity contribution in [2.24, 2.45) is 5.41 Å². The molecular formula is C36H31FIrNS. The van der Waals surface area contributed by atoms with Crippen LogP contribution in [0, 0.1) is 43.1 Å². The minimum Gasteiger partial charge on any atom is -0.304 e. The Labute approximate surface area is 262 Å². The molecule has 4 aromatic carbocycles. The molecule has 6 aromatic rings. The summed E-state index contributed by atoms with van der Waals surface area (Å²) in [5.41, 5.74) is 4.03. The van der Waals surface area contributed by atoms with Crippen LogP contribution in [0.1, 0.15) is 45.7 Å². The van der Waals surface area contributed by atoms with Gasteiger partial charge in [0.25, 0.3) is 0 Å². The average molecular weight is 727 g/mol. The number of benzene rings is 4. The summed E-state index contributed by atoms with van der Waals surface area (Å²) in [6.07, 6.45) is 2.12. The number of rotatable bonds is 3. The van der Waals surface area contributed by atoms with Crippen molar-refractivity contribution in [1.29, 1.82) is 0 Å². The summed E-state index contributed by atoms with van der Waals surface area (Å²) in [6, 6.07) is 33.4. The fraction of sp³-hybridized carbons (Fsp3) is 0.194. The van der Waals surface area contributed by atoms with E-state index >= 15 is 0 Å². The summed E-state index contributed by atoms with van der Waals surface area (Å²) in [7, 11) is 0. The van der Waals surface area contributed by atoms with Crippen LogP contribution in [0.25, 0.3) is 42.6 Å². The molecule has 2 heterocycles. The molecule has 0 N–H and O–H groups in total. The minimum absolute atomic E-state index is 0. The van der Waals surface area contributed by atoms with Gasteiger partial charge in [-0.2, -0.15) is 47.7 Å². The van der Waals surface area contributed by atoms with Crippen molar-refractivity contribution in [2.45, 2.75) is 40.9 Å². The Morgan fingerprint density at radius 2 is 1.68 bits per heavy atom. The SMILES string of the molecule is CC(C)(C)Cc1cccc2c1sc1c(-c3[c-]cccc3)[c-]ccc12.[2H]C([2H])([2H])c1cnc(-c2[c-]cc(F)cc2)cc1C([2H])([2H])[2H].[Ir+3]. The second-order valence-electron chi connectivity index (χ2n) is 10.5. The maximum absolute atomic E-state index is 12.9. The molecule has 0 fully saturated rings. The molecule has 0 bridgehead atoms. The fourth-order valence-corrected chi connectivity index (χ4v) is 5.77. The van der Waals surface area contributed by atoms with E-state index in [-0.39, 0.29) is 42.3 Å². The molecule has 0 saturated heterocycles. The van der Waals surface area contributed by atoms with Gasteiger partial charge in [0.1, 0.15) is 0 Å². The predicted octanol–water partition coefficient (Wildman–Crippen LogP) is 10.2. The van der Waals surface area contributed by atoms with Gasteiger partial charge in [-0.1, -0.05) is 60.7 Å². The van der Waals surface area contributed by atoms with Gasteiger partial charge in [-0.25, -0.2) is 11.1 Å². The Morgan fingerprint density at radius 3 is 2.38 bits per heavy atom. The third-order valence-electron chi connectivity index (χ3n) is 6.19. The van der Waals surface area contributed by atoms with Crippen molar-refractivity contribution >= 4 is 31.5 Å². The smallest absolute Gasteiger partial charge is 0.304 e. The molecule has 0 aliphatic rings. The monoisotopic (exact) mass is 727 g/mol. The first-order valence-electron chi connectivity index (χ1n) is 15.6. The zero-order valence-corrected chi connectivity index (χ0v) is 25.6. The molecule has 0 aliphatic heterocycles. The standard InChI is InChI=1S/C23H20S.C13H11FN.Ir/c1-23(2,3)15-17-11-7-13-19-20-14-8-12-18(22(20)24-21(17)19)16-9-5-4-6-10-16;1-9-7-13(15-8-10(9)2)11-3-5-12(14)6-4-11;/h4-9,11,13-14H,15H2,1-3H3;3,5-8H,1-2H3;/q-2;-1;+3/i;1D3,2D3;.